The predicted octanol–water partition coefficient (Wildman–Crippen LogP) is 2.74. The Morgan fingerprint density at radius 1 is 1.24 bits per heavy atom. The zero-order valence-electron chi connectivity index (χ0n) is 9.68. The molecule has 1 aromatic heterocycles. The molecule has 0 fully saturated rings. The molecule has 0 aliphatic heterocycles. The van der Waals surface area contributed by atoms with Gasteiger partial charge in [0, 0.05) is 7.05 Å². The molecule has 1 N–H and O–H groups in total. The first-order chi connectivity index (χ1) is 8.16. The van der Waals surface area contributed by atoms with Crippen LogP contribution >= 0.6 is 12.2 Å². The van der Waals surface area contributed by atoms with Crippen LogP contribution in [0.15, 0.2) is 24.4 Å². The van der Waals surface area contributed by atoms with E-state index in [1.165, 1.54) is 24.0 Å². The molecule has 4 heteroatoms. The van der Waals surface area contributed by atoms with Crippen LogP contribution in [-0.2, 0) is 19.9 Å². The minimum absolute atomic E-state index is 0.190. The summed E-state index contributed by atoms with van der Waals surface area (Å²) in [6.07, 6.45) is 5.16. The Balaban J connectivity index is 2.19. The van der Waals surface area contributed by atoms with Crippen molar-refractivity contribution in [3.63, 3.8) is 0 Å². The van der Waals surface area contributed by atoms with E-state index in [1.54, 1.807) is 15.3 Å². The number of benzene rings is 1. The molecule has 2 aromatic rings. The van der Waals surface area contributed by atoms with Crippen molar-refractivity contribution in [2.75, 3.05) is 0 Å². The maximum absolute atomic E-state index is 9.89. The van der Waals surface area contributed by atoms with Crippen molar-refractivity contribution in [3.8, 4) is 11.6 Å². The van der Waals surface area contributed by atoms with Crippen molar-refractivity contribution in [2.45, 2.75) is 19.3 Å². The van der Waals surface area contributed by atoms with Gasteiger partial charge in [0.2, 0.25) is 5.88 Å². The van der Waals surface area contributed by atoms with Gasteiger partial charge in [0.05, 0.1) is 11.9 Å². The molecule has 1 heterocycles. The van der Waals surface area contributed by atoms with E-state index in [2.05, 4.69) is 12.1 Å². The summed E-state index contributed by atoms with van der Waals surface area (Å²) in [6, 6.07) is 6.31. The van der Waals surface area contributed by atoms with Gasteiger partial charge in [-0.3, -0.25) is 4.57 Å². The van der Waals surface area contributed by atoms with Crippen molar-refractivity contribution in [1.82, 2.24) is 9.13 Å². The van der Waals surface area contributed by atoms with Gasteiger partial charge in [0.25, 0.3) is 0 Å². The van der Waals surface area contributed by atoms with Crippen LogP contribution in [0.3, 0.4) is 0 Å². The molecule has 0 saturated heterocycles. The van der Waals surface area contributed by atoms with Crippen LogP contribution in [0.1, 0.15) is 17.5 Å². The third-order valence-electron chi connectivity index (χ3n) is 3.37. The minimum atomic E-state index is 0.190. The molecule has 0 radical (unpaired) electrons. The smallest absolute Gasteiger partial charge is 0.214 e. The van der Waals surface area contributed by atoms with Crippen LogP contribution in [0.25, 0.3) is 5.69 Å². The van der Waals surface area contributed by atoms with Crippen molar-refractivity contribution < 1.29 is 5.11 Å². The van der Waals surface area contributed by atoms with Crippen LogP contribution in [0.5, 0.6) is 5.88 Å². The molecule has 0 spiro atoms. The Labute approximate surface area is 105 Å². The molecular formula is C13H14N2OS. The van der Waals surface area contributed by atoms with E-state index in [-0.39, 0.29) is 5.88 Å². The lowest BCUT2D eigenvalue weighted by molar-refractivity contribution is 0.441. The Hall–Kier alpha value is -1.55. The fraction of sp³-hybridized carbons (Fsp3) is 0.308. The number of hydrogen-bond donors (Lipinski definition) is 1. The van der Waals surface area contributed by atoms with Gasteiger partial charge in [0.1, 0.15) is 0 Å². The number of aromatic hydroxyl groups is 1. The first kappa shape index (κ1) is 10.6. The molecule has 3 nitrogen and oxygen atoms in total. The van der Waals surface area contributed by atoms with Crippen LogP contribution in [0.2, 0.25) is 0 Å². The van der Waals surface area contributed by atoms with Gasteiger partial charge in [-0.2, -0.15) is 0 Å². The van der Waals surface area contributed by atoms with Crippen molar-refractivity contribution in [3.05, 3.63) is 40.3 Å². The van der Waals surface area contributed by atoms with Crippen molar-refractivity contribution in [1.29, 1.82) is 0 Å². The van der Waals surface area contributed by atoms with Crippen LogP contribution < -0.4 is 0 Å². The lowest BCUT2D eigenvalue weighted by Crippen LogP contribution is -1.97. The Bertz CT molecular complexity index is 639. The lowest BCUT2D eigenvalue weighted by atomic mass is 10.1. The average molecular weight is 246 g/mol. The molecule has 1 aliphatic carbocycles. The molecule has 17 heavy (non-hydrogen) atoms. The number of hydrogen-bond acceptors (Lipinski definition) is 2. The summed E-state index contributed by atoms with van der Waals surface area (Å²) in [4.78, 5) is 0. The van der Waals surface area contributed by atoms with Crippen LogP contribution in [0, 0.1) is 4.77 Å². The van der Waals surface area contributed by atoms with Gasteiger partial charge in [0.15, 0.2) is 4.77 Å². The van der Waals surface area contributed by atoms with Crippen molar-refractivity contribution >= 4 is 12.2 Å². The highest BCUT2D eigenvalue weighted by atomic mass is 32.1. The van der Waals surface area contributed by atoms with Gasteiger partial charge < -0.3 is 9.67 Å². The van der Waals surface area contributed by atoms with E-state index < -0.39 is 0 Å². The molecule has 0 unspecified atom stereocenters. The zero-order chi connectivity index (χ0) is 12.0. The third-order valence-corrected chi connectivity index (χ3v) is 3.84. The fourth-order valence-electron chi connectivity index (χ4n) is 2.48. The van der Waals surface area contributed by atoms with E-state index in [4.69, 9.17) is 12.2 Å². The van der Waals surface area contributed by atoms with Crippen LogP contribution in [0.4, 0.5) is 0 Å². The summed E-state index contributed by atoms with van der Waals surface area (Å²) in [6.45, 7) is 0. The first-order valence-corrected chi connectivity index (χ1v) is 6.17. The molecule has 0 bridgehead atoms. The summed E-state index contributed by atoms with van der Waals surface area (Å²) in [7, 11) is 1.84. The van der Waals surface area contributed by atoms with E-state index in [0.717, 1.165) is 12.1 Å². The molecule has 0 amide bonds. The molecule has 3 rings (SSSR count). The highest BCUT2D eigenvalue weighted by Gasteiger charge is 2.13. The topological polar surface area (TPSA) is 30.1 Å². The standard InChI is InChI=1S/C13H14N2OS/c1-14-8-12(16)15(13(14)17)11-6-5-9-3-2-4-10(9)7-11/h5-8,16H,2-4H2,1H3. The van der Waals surface area contributed by atoms with Gasteiger partial charge in [-0.05, 0) is 54.7 Å². The van der Waals surface area contributed by atoms with Gasteiger partial charge >= 0.3 is 0 Å². The molecular weight excluding hydrogens is 232 g/mol. The Kier molecular flexibility index (Phi) is 2.33. The highest BCUT2D eigenvalue weighted by Crippen LogP contribution is 2.26. The predicted molar refractivity (Wildman–Crippen MR) is 69.3 cm³/mol. The summed E-state index contributed by atoms with van der Waals surface area (Å²) < 4.78 is 4.06. The molecule has 1 aromatic carbocycles. The van der Waals surface area contributed by atoms with E-state index in [1.807, 2.05) is 13.1 Å². The number of nitrogens with zero attached hydrogens (tertiary/aromatic N) is 2. The first-order valence-electron chi connectivity index (χ1n) is 5.76. The number of rotatable bonds is 1. The summed E-state index contributed by atoms with van der Waals surface area (Å²) in [5, 5.41) is 9.89. The average Bonchev–Trinajstić information content (AvgIpc) is 2.84. The monoisotopic (exact) mass is 246 g/mol. The maximum Gasteiger partial charge on any atom is 0.214 e. The second-order valence-corrected chi connectivity index (χ2v) is 4.89. The Morgan fingerprint density at radius 2 is 2.00 bits per heavy atom. The highest BCUT2D eigenvalue weighted by molar-refractivity contribution is 7.71. The van der Waals surface area contributed by atoms with Gasteiger partial charge in [-0.25, -0.2) is 0 Å². The zero-order valence-corrected chi connectivity index (χ0v) is 10.5. The number of aromatic nitrogens is 2. The summed E-state index contributed by atoms with van der Waals surface area (Å²) >= 11 is 5.29. The van der Waals surface area contributed by atoms with E-state index >= 15 is 0 Å². The second-order valence-electron chi connectivity index (χ2n) is 4.52. The normalized spacial score (nSPS) is 13.9. The summed E-state index contributed by atoms with van der Waals surface area (Å²) in [5.74, 6) is 0.190. The van der Waals surface area contributed by atoms with Gasteiger partial charge in [-0.15, -0.1) is 0 Å². The third kappa shape index (κ3) is 1.60. The fourth-order valence-corrected chi connectivity index (χ4v) is 2.73. The largest absolute Gasteiger partial charge is 0.493 e. The van der Waals surface area contributed by atoms with Crippen molar-refractivity contribution in [2.24, 2.45) is 7.05 Å². The van der Waals surface area contributed by atoms with E-state index in [0.29, 0.717) is 4.77 Å². The quantitative estimate of drug-likeness (QED) is 0.784. The SMILES string of the molecule is Cn1cc(O)n(-c2ccc3c(c2)CCC3)c1=S. The number of imidazole rings is 1. The molecule has 0 atom stereocenters. The molecule has 0 saturated carbocycles. The maximum atomic E-state index is 9.89. The second kappa shape index (κ2) is 3.74. The summed E-state index contributed by atoms with van der Waals surface area (Å²) in [5.41, 5.74) is 3.76. The number of aryl methyl sites for hydroxylation is 3. The van der Waals surface area contributed by atoms with Gasteiger partial charge in [-0.1, -0.05) is 6.07 Å². The lowest BCUT2D eigenvalue weighted by Gasteiger charge is -2.07. The Morgan fingerprint density at radius 3 is 2.71 bits per heavy atom. The number of fused-ring (bicyclic) bond motifs is 1. The van der Waals surface area contributed by atoms with E-state index in [9.17, 15) is 5.11 Å². The minimum Gasteiger partial charge on any atom is -0.493 e. The molecule has 1 aliphatic rings. The molecule has 88 valence electrons. The van der Waals surface area contributed by atoms with Crippen LogP contribution in [-0.4, -0.2) is 14.2 Å².